The quantitative estimate of drug-likeness (QED) is 0.193. The van der Waals surface area contributed by atoms with Gasteiger partial charge in [0, 0.05) is 61.5 Å². The van der Waals surface area contributed by atoms with E-state index < -0.39 is 0 Å². The molecule has 8 aromatic rings. The number of fused-ring (bicyclic) bond motifs is 11. The minimum absolute atomic E-state index is 0.130. The van der Waals surface area contributed by atoms with Gasteiger partial charge in [0.2, 0.25) is 0 Å². The van der Waals surface area contributed by atoms with E-state index in [1.54, 1.807) is 0 Å². The molecule has 10 rings (SSSR count). The molecule has 0 spiro atoms. The third kappa shape index (κ3) is 3.85. The molecule has 2 aliphatic rings. The van der Waals surface area contributed by atoms with Crippen molar-refractivity contribution in [3.63, 3.8) is 0 Å². The highest BCUT2D eigenvalue weighted by atomic mass is 16.3. The first-order valence-corrected chi connectivity index (χ1v) is 16.5. The maximum absolute atomic E-state index is 7.11. The topological polar surface area (TPSA) is 73.3 Å². The molecule has 2 unspecified atom stereocenters. The predicted octanol–water partition coefficient (Wildman–Crippen LogP) is 10.4. The maximum Gasteiger partial charge on any atom is 0.142 e. The van der Waals surface area contributed by atoms with Crippen molar-refractivity contribution in [1.29, 1.82) is 0 Å². The Kier molecular flexibility index (Phi) is 5.70. The molecule has 1 aliphatic heterocycles. The number of nitrogens with zero attached hydrogens (tertiary/aromatic N) is 2. The molecule has 0 radical (unpaired) electrons. The first-order valence-electron chi connectivity index (χ1n) is 16.5. The Morgan fingerprint density at radius 3 is 2.27 bits per heavy atom. The normalized spacial score (nSPS) is 16.7. The van der Waals surface area contributed by atoms with E-state index in [1.165, 1.54) is 16.9 Å². The molecule has 0 saturated carbocycles. The minimum atomic E-state index is 0.130. The molecule has 4 N–H and O–H groups in total. The zero-order valence-electron chi connectivity index (χ0n) is 26.2. The number of aromatic nitrogens is 1. The van der Waals surface area contributed by atoms with E-state index in [-0.39, 0.29) is 12.0 Å². The van der Waals surface area contributed by atoms with Crippen LogP contribution in [0.5, 0.6) is 0 Å². The Bertz CT molecular complexity index is 2590. The summed E-state index contributed by atoms with van der Waals surface area (Å²) < 4.78 is 9.41. The fourth-order valence-corrected chi connectivity index (χ4v) is 8.20. The lowest BCUT2D eigenvalue weighted by Gasteiger charge is -2.40. The Balaban J connectivity index is 1.20. The lowest BCUT2D eigenvalue weighted by Crippen LogP contribution is -2.35. The number of furan rings is 1. The lowest BCUT2D eigenvalue weighted by atomic mass is 9.84. The minimum Gasteiger partial charge on any atom is -0.459 e. The average molecular weight is 621 g/mol. The smallest absolute Gasteiger partial charge is 0.142 e. The number of nitrogen functional groups attached to an aromatic ring is 2. The summed E-state index contributed by atoms with van der Waals surface area (Å²) in [5, 5.41) is 3.38. The van der Waals surface area contributed by atoms with Gasteiger partial charge in [-0.05, 0) is 66.6 Å². The molecule has 3 heterocycles. The molecule has 230 valence electrons. The second-order valence-electron chi connectivity index (χ2n) is 12.9. The fourth-order valence-electron chi connectivity index (χ4n) is 8.20. The van der Waals surface area contributed by atoms with Crippen LogP contribution in [0, 0.1) is 0 Å². The van der Waals surface area contributed by atoms with Gasteiger partial charge in [0.1, 0.15) is 11.3 Å². The van der Waals surface area contributed by atoms with Crippen molar-refractivity contribution in [3.05, 3.63) is 156 Å². The zero-order valence-corrected chi connectivity index (χ0v) is 26.2. The number of benzene rings is 6. The first kappa shape index (κ1) is 27.0. The maximum atomic E-state index is 7.11. The van der Waals surface area contributed by atoms with Gasteiger partial charge in [-0.2, -0.15) is 0 Å². The molecule has 0 saturated heterocycles. The molecular weight excluding hydrogens is 589 g/mol. The Morgan fingerprint density at radius 1 is 0.604 bits per heavy atom. The number of anilines is 4. The third-order valence-electron chi connectivity index (χ3n) is 10.2. The Labute approximate surface area is 277 Å². The zero-order chi connectivity index (χ0) is 31.9. The largest absolute Gasteiger partial charge is 0.459 e. The number of hydrogen-bond acceptors (Lipinski definition) is 4. The predicted molar refractivity (Wildman–Crippen MR) is 199 cm³/mol. The molecule has 6 aromatic carbocycles. The van der Waals surface area contributed by atoms with Gasteiger partial charge < -0.3 is 25.4 Å². The van der Waals surface area contributed by atoms with E-state index in [4.69, 9.17) is 15.9 Å². The van der Waals surface area contributed by atoms with Crippen LogP contribution in [0.25, 0.3) is 55.7 Å². The van der Waals surface area contributed by atoms with Crippen LogP contribution in [-0.2, 0) is 0 Å². The number of para-hydroxylation sites is 4. The van der Waals surface area contributed by atoms with Crippen LogP contribution in [0.15, 0.2) is 144 Å². The second kappa shape index (κ2) is 10.1. The molecule has 0 amide bonds. The van der Waals surface area contributed by atoms with Crippen LogP contribution < -0.4 is 16.4 Å². The van der Waals surface area contributed by atoms with Gasteiger partial charge in [-0.3, -0.25) is 0 Å². The van der Waals surface area contributed by atoms with Gasteiger partial charge in [0.05, 0.1) is 22.8 Å². The molecule has 5 nitrogen and oxygen atoms in total. The first-order chi connectivity index (χ1) is 23.6. The van der Waals surface area contributed by atoms with Crippen LogP contribution in [0.2, 0.25) is 0 Å². The van der Waals surface area contributed by atoms with Crippen LogP contribution in [0.4, 0.5) is 22.7 Å². The van der Waals surface area contributed by atoms with Crippen LogP contribution in [0.1, 0.15) is 29.2 Å². The SMILES string of the molecule is Nc1ccc(-c2cccc3c4c(oc23)C2CC(C=C4)N(c3ccccc3)c3ccccc32)c(-n2c3ccccc3c3cc(N)ccc32)c1. The monoisotopic (exact) mass is 620 g/mol. The van der Waals surface area contributed by atoms with E-state index in [0.717, 1.165) is 73.0 Å². The molecule has 2 atom stereocenters. The van der Waals surface area contributed by atoms with Crippen molar-refractivity contribution < 1.29 is 4.42 Å². The number of rotatable bonds is 3. The Morgan fingerprint density at radius 2 is 1.35 bits per heavy atom. The van der Waals surface area contributed by atoms with Crippen molar-refractivity contribution in [2.75, 3.05) is 16.4 Å². The van der Waals surface area contributed by atoms with E-state index in [0.29, 0.717) is 5.69 Å². The van der Waals surface area contributed by atoms with Gasteiger partial charge in [-0.1, -0.05) is 91.0 Å². The van der Waals surface area contributed by atoms with Gasteiger partial charge in [-0.25, -0.2) is 0 Å². The van der Waals surface area contributed by atoms with Crippen LogP contribution in [-0.4, -0.2) is 10.6 Å². The molecule has 48 heavy (non-hydrogen) atoms. The highest BCUT2D eigenvalue weighted by Crippen LogP contribution is 2.51. The van der Waals surface area contributed by atoms with Crippen LogP contribution >= 0.6 is 0 Å². The summed E-state index contributed by atoms with van der Waals surface area (Å²) in [6, 6.07) is 47.0. The molecule has 5 heteroatoms. The van der Waals surface area contributed by atoms with Crippen molar-refractivity contribution in [2.45, 2.75) is 18.4 Å². The highest BCUT2D eigenvalue weighted by Gasteiger charge is 2.38. The van der Waals surface area contributed by atoms with E-state index in [1.807, 2.05) is 12.1 Å². The second-order valence-corrected chi connectivity index (χ2v) is 12.9. The summed E-state index contributed by atoms with van der Waals surface area (Å²) in [5.41, 5.74) is 25.3. The van der Waals surface area contributed by atoms with Crippen molar-refractivity contribution >= 4 is 61.6 Å². The Hall–Kier alpha value is -6.20. The third-order valence-corrected chi connectivity index (χ3v) is 10.2. The number of hydrogen-bond donors (Lipinski definition) is 2. The van der Waals surface area contributed by atoms with E-state index in [2.05, 4.69) is 143 Å². The summed E-state index contributed by atoms with van der Waals surface area (Å²) in [5.74, 6) is 1.16. The van der Waals surface area contributed by atoms with Crippen molar-refractivity contribution in [2.24, 2.45) is 0 Å². The summed E-state index contributed by atoms with van der Waals surface area (Å²) >= 11 is 0. The molecule has 1 aliphatic carbocycles. The van der Waals surface area contributed by atoms with Crippen molar-refractivity contribution in [3.8, 4) is 16.8 Å². The molecule has 2 aromatic heterocycles. The number of nitrogens with two attached hydrogens (primary N) is 2. The molecule has 2 bridgehead atoms. The molecular formula is C43H32N4O. The lowest BCUT2D eigenvalue weighted by molar-refractivity contribution is 0.483. The van der Waals surface area contributed by atoms with Gasteiger partial charge in [-0.15, -0.1) is 0 Å². The van der Waals surface area contributed by atoms with Gasteiger partial charge in [0.15, 0.2) is 0 Å². The summed E-state index contributed by atoms with van der Waals surface area (Å²) in [6.07, 6.45) is 5.59. The van der Waals surface area contributed by atoms with Crippen molar-refractivity contribution in [1.82, 2.24) is 4.57 Å². The fraction of sp³-hybridized carbons (Fsp3) is 0.0698. The van der Waals surface area contributed by atoms with E-state index >= 15 is 0 Å². The summed E-state index contributed by atoms with van der Waals surface area (Å²) in [7, 11) is 0. The van der Waals surface area contributed by atoms with Gasteiger partial charge in [0.25, 0.3) is 0 Å². The standard InChI is InChI=1S/C43H32N4O/c44-26-18-22-40-36(23-26)30-11-4-7-16-39(30)47(40)41-24-27(45)17-20-32(41)33-13-8-14-34-35-21-19-29-25-37(43(35)48-42(33)34)31-12-5-6-15-38(31)46(29)28-9-2-1-3-10-28/h1-24,29,37H,25,44-45H2. The van der Waals surface area contributed by atoms with Crippen LogP contribution in [0.3, 0.4) is 0 Å². The average Bonchev–Trinajstić information content (AvgIpc) is 3.61. The van der Waals surface area contributed by atoms with Gasteiger partial charge >= 0.3 is 0 Å². The highest BCUT2D eigenvalue weighted by molar-refractivity contribution is 6.11. The van der Waals surface area contributed by atoms with E-state index in [9.17, 15) is 0 Å². The summed E-state index contributed by atoms with van der Waals surface area (Å²) in [4.78, 5) is 2.47. The molecule has 0 fully saturated rings. The summed E-state index contributed by atoms with van der Waals surface area (Å²) in [6.45, 7) is 0.